The van der Waals surface area contributed by atoms with Crippen LogP contribution in [-0.4, -0.2) is 35.5 Å². The zero-order chi connectivity index (χ0) is 16.4. The van der Waals surface area contributed by atoms with Crippen molar-refractivity contribution in [1.29, 1.82) is 0 Å². The number of hydrogen-bond donors (Lipinski definition) is 0. The summed E-state index contributed by atoms with van der Waals surface area (Å²) in [6.07, 6.45) is 0.969. The summed E-state index contributed by atoms with van der Waals surface area (Å²) in [6, 6.07) is 17.6. The second kappa shape index (κ2) is 6.61. The fourth-order valence-electron chi connectivity index (χ4n) is 3.01. The van der Waals surface area contributed by atoms with Gasteiger partial charge in [-0.15, -0.1) is 11.3 Å². The third-order valence-corrected chi connectivity index (χ3v) is 5.51. The van der Waals surface area contributed by atoms with E-state index in [4.69, 9.17) is 9.72 Å². The highest BCUT2D eigenvalue weighted by molar-refractivity contribution is 7.18. The summed E-state index contributed by atoms with van der Waals surface area (Å²) in [7, 11) is 0. The maximum Gasteiger partial charge on any atom is 0.260 e. The molecule has 0 bridgehead atoms. The Kier molecular flexibility index (Phi) is 4.17. The predicted octanol–water partition coefficient (Wildman–Crippen LogP) is 3.69. The molecule has 1 aromatic heterocycles. The number of likely N-dealkylation sites (tertiary alicyclic amines) is 1. The summed E-state index contributed by atoms with van der Waals surface area (Å²) in [5.41, 5.74) is 1.05. The van der Waals surface area contributed by atoms with Crippen molar-refractivity contribution in [3.8, 4) is 5.75 Å². The number of ether oxygens (including phenoxy) is 1. The summed E-state index contributed by atoms with van der Waals surface area (Å²) in [6.45, 7) is 1.60. The fraction of sp³-hybridized carbons (Fsp3) is 0.263. The lowest BCUT2D eigenvalue weighted by Gasteiger charge is -2.16. The van der Waals surface area contributed by atoms with Gasteiger partial charge in [-0.1, -0.05) is 30.3 Å². The zero-order valence-electron chi connectivity index (χ0n) is 13.2. The van der Waals surface area contributed by atoms with Crippen molar-refractivity contribution in [3.63, 3.8) is 0 Å². The highest BCUT2D eigenvalue weighted by Crippen LogP contribution is 2.33. The molecule has 4 rings (SSSR count). The Morgan fingerprint density at radius 2 is 1.96 bits per heavy atom. The van der Waals surface area contributed by atoms with E-state index in [-0.39, 0.29) is 12.5 Å². The number of benzene rings is 2. The van der Waals surface area contributed by atoms with Crippen molar-refractivity contribution in [2.75, 3.05) is 19.7 Å². The molecule has 2 aromatic carbocycles. The Bertz CT molecular complexity index is 814. The molecule has 1 amide bonds. The average Bonchev–Trinajstić information content (AvgIpc) is 3.27. The summed E-state index contributed by atoms with van der Waals surface area (Å²) >= 11 is 1.74. The molecule has 0 spiro atoms. The molecule has 1 aliphatic heterocycles. The standard InChI is InChI=1S/C19H18N2O2S/c22-18(13-23-15-6-2-1-3-7-15)21-11-10-14(12-21)19-20-16-8-4-5-9-17(16)24-19/h1-9,14H,10-13H2/t14-/m0/s1. The van der Waals surface area contributed by atoms with Crippen LogP contribution in [0.1, 0.15) is 17.3 Å². The van der Waals surface area contributed by atoms with Crippen LogP contribution in [0.4, 0.5) is 0 Å². The molecule has 0 aliphatic carbocycles. The lowest BCUT2D eigenvalue weighted by molar-refractivity contribution is -0.132. The molecule has 0 N–H and O–H groups in total. The summed E-state index contributed by atoms with van der Waals surface area (Å²) in [5, 5.41) is 1.13. The first-order chi connectivity index (χ1) is 11.8. The van der Waals surface area contributed by atoms with Crippen molar-refractivity contribution in [1.82, 2.24) is 9.88 Å². The van der Waals surface area contributed by atoms with Gasteiger partial charge in [0.15, 0.2) is 6.61 Å². The Morgan fingerprint density at radius 3 is 2.79 bits per heavy atom. The summed E-state index contributed by atoms with van der Waals surface area (Å²) in [4.78, 5) is 19.0. The van der Waals surface area contributed by atoms with E-state index in [2.05, 4.69) is 6.07 Å². The van der Waals surface area contributed by atoms with Crippen molar-refractivity contribution < 1.29 is 9.53 Å². The minimum absolute atomic E-state index is 0.0439. The third kappa shape index (κ3) is 3.12. The number of rotatable bonds is 4. The third-order valence-electron chi connectivity index (χ3n) is 4.31. The molecule has 5 heteroatoms. The van der Waals surface area contributed by atoms with E-state index < -0.39 is 0 Å². The van der Waals surface area contributed by atoms with Crippen LogP contribution in [0.5, 0.6) is 5.75 Å². The van der Waals surface area contributed by atoms with Gasteiger partial charge in [0.2, 0.25) is 0 Å². The average molecular weight is 338 g/mol. The topological polar surface area (TPSA) is 42.4 Å². The number of carbonyl (C=O) groups is 1. The molecule has 1 saturated heterocycles. The number of para-hydroxylation sites is 2. The van der Waals surface area contributed by atoms with E-state index in [1.807, 2.05) is 53.4 Å². The molecule has 1 atom stereocenters. The molecule has 0 unspecified atom stereocenters. The van der Waals surface area contributed by atoms with Crippen LogP contribution < -0.4 is 4.74 Å². The van der Waals surface area contributed by atoms with E-state index in [1.54, 1.807) is 11.3 Å². The van der Waals surface area contributed by atoms with Gasteiger partial charge in [-0.2, -0.15) is 0 Å². The number of aromatic nitrogens is 1. The molecule has 0 radical (unpaired) electrons. The van der Waals surface area contributed by atoms with Crippen molar-refractivity contribution in [2.24, 2.45) is 0 Å². The second-order valence-corrected chi connectivity index (χ2v) is 7.01. The monoisotopic (exact) mass is 338 g/mol. The van der Waals surface area contributed by atoms with Gasteiger partial charge in [-0.25, -0.2) is 4.98 Å². The maximum absolute atomic E-state index is 12.4. The molecular weight excluding hydrogens is 320 g/mol. The Morgan fingerprint density at radius 1 is 1.17 bits per heavy atom. The van der Waals surface area contributed by atoms with Gasteiger partial charge in [0.1, 0.15) is 5.75 Å². The molecule has 24 heavy (non-hydrogen) atoms. The largest absolute Gasteiger partial charge is 0.484 e. The van der Waals surface area contributed by atoms with E-state index in [1.165, 1.54) is 4.70 Å². The molecule has 122 valence electrons. The van der Waals surface area contributed by atoms with E-state index in [0.717, 1.165) is 35.8 Å². The molecule has 3 aromatic rings. The minimum atomic E-state index is 0.0439. The molecule has 1 fully saturated rings. The Balaban J connectivity index is 1.38. The highest BCUT2D eigenvalue weighted by Gasteiger charge is 2.29. The van der Waals surface area contributed by atoms with Crippen LogP contribution in [-0.2, 0) is 4.79 Å². The highest BCUT2D eigenvalue weighted by atomic mass is 32.1. The fourth-order valence-corrected chi connectivity index (χ4v) is 4.10. The van der Waals surface area contributed by atoms with Crippen LogP contribution in [0.3, 0.4) is 0 Å². The molecule has 0 saturated carbocycles. The summed E-state index contributed by atoms with van der Waals surface area (Å²) < 4.78 is 6.78. The lowest BCUT2D eigenvalue weighted by atomic mass is 10.1. The molecule has 2 heterocycles. The Labute approximate surface area is 144 Å². The van der Waals surface area contributed by atoms with E-state index in [9.17, 15) is 4.79 Å². The van der Waals surface area contributed by atoms with Crippen LogP contribution in [0.2, 0.25) is 0 Å². The van der Waals surface area contributed by atoms with Gasteiger partial charge in [-0.05, 0) is 30.7 Å². The van der Waals surface area contributed by atoms with Crippen molar-refractivity contribution in [3.05, 3.63) is 59.6 Å². The van der Waals surface area contributed by atoms with Gasteiger partial charge in [0.05, 0.1) is 15.2 Å². The van der Waals surface area contributed by atoms with Crippen LogP contribution >= 0.6 is 11.3 Å². The van der Waals surface area contributed by atoms with E-state index in [0.29, 0.717) is 5.92 Å². The van der Waals surface area contributed by atoms with Gasteiger partial charge in [0, 0.05) is 19.0 Å². The number of amides is 1. The Hall–Kier alpha value is -2.40. The van der Waals surface area contributed by atoms with Gasteiger partial charge in [0.25, 0.3) is 5.91 Å². The quantitative estimate of drug-likeness (QED) is 0.728. The van der Waals surface area contributed by atoms with E-state index >= 15 is 0 Å². The van der Waals surface area contributed by atoms with Crippen molar-refractivity contribution >= 4 is 27.5 Å². The first kappa shape index (κ1) is 15.1. The van der Waals surface area contributed by atoms with Gasteiger partial charge >= 0.3 is 0 Å². The molecule has 1 aliphatic rings. The second-order valence-electron chi connectivity index (χ2n) is 5.95. The van der Waals surface area contributed by atoms with Gasteiger partial charge in [-0.3, -0.25) is 4.79 Å². The number of thiazole rings is 1. The van der Waals surface area contributed by atoms with Crippen LogP contribution in [0.25, 0.3) is 10.2 Å². The first-order valence-corrected chi connectivity index (χ1v) is 8.92. The predicted molar refractivity (Wildman–Crippen MR) is 95.5 cm³/mol. The number of hydrogen-bond acceptors (Lipinski definition) is 4. The number of fused-ring (bicyclic) bond motifs is 1. The molecular formula is C19H18N2O2S. The summed E-state index contributed by atoms with van der Waals surface area (Å²) in [5.74, 6) is 1.11. The smallest absolute Gasteiger partial charge is 0.260 e. The number of carbonyl (C=O) groups excluding carboxylic acids is 1. The molecule has 4 nitrogen and oxygen atoms in total. The minimum Gasteiger partial charge on any atom is -0.484 e. The maximum atomic E-state index is 12.4. The lowest BCUT2D eigenvalue weighted by Crippen LogP contribution is -2.32. The SMILES string of the molecule is O=C(COc1ccccc1)N1CC[C@H](c2nc3ccccc3s2)C1. The van der Waals surface area contributed by atoms with Crippen molar-refractivity contribution in [2.45, 2.75) is 12.3 Å². The zero-order valence-corrected chi connectivity index (χ0v) is 14.0. The van der Waals surface area contributed by atoms with Crippen LogP contribution in [0.15, 0.2) is 54.6 Å². The number of nitrogens with zero attached hydrogens (tertiary/aromatic N) is 2. The van der Waals surface area contributed by atoms with Gasteiger partial charge < -0.3 is 9.64 Å². The van der Waals surface area contributed by atoms with Crippen LogP contribution in [0, 0.1) is 0 Å². The first-order valence-electron chi connectivity index (χ1n) is 8.11. The normalized spacial score (nSPS) is 17.3.